The monoisotopic (exact) mass is 372 g/mol. The molecule has 0 N–H and O–H groups in total. The Morgan fingerprint density at radius 3 is 2.81 bits per heavy atom. The van der Waals surface area contributed by atoms with E-state index in [1.54, 1.807) is 36.1 Å². The summed E-state index contributed by atoms with van der Waals surface area (Å²) in [7, 11) is -1.46. The maximum absolute atomic E-state index is 12.1. The van der Waals surface area contributed by atoms with Gasteiger partial charge in [-0.05, 0) is 28.1 Å². The van der Waals surface area contributed by atoms with Crippen molar-refractivity contribution in [2.24, 2.45) is 0 Å². The second-order valence-electron chi connectivity index (χ2n) is 4.57. The summed E-state index contributed by atoms with van der Waals surface area (Å²) in [5.74, 6) is 0.539. The van der Waals surface area contributed by atoms with E-state index < -0.39 is 9.84 Å². The van der Waals surface area contributed by atoms with Crippen LogP contribution < -0.4 is 4.90 Å². The van der Waals surface area contributed by atoms with Gasteiger partial charge in [-0.3, -0.25) is 4.68 Å². The fraction of sp³-hybridized carbons (Fsp3) is 0.385. The van der Waals surface area contributed by atoms with Gasteiger partial charge in [0.25, 0.3) is 0 Å². The van der Waals surface area contributed by atoms with Crippen LogP contribution in [-0.4, -0.2) is 42.5 Å². The van der Waals surface area contributed by atoms with Gasteiger partial charge in [-0.1, -0.05) is 6.92 Å². The van der Waals surface area contributed by atoms with Crippen molar-refractivity contribution in [2.75, 3.05) is 24.2 Å². The molecule has 2 aromatic heterocycles. The highest BCUT2D eigenvalue weighted by Gasteiger charge is 2.19. The lowest BCUT2D eigenvalue weighted by Crippen LogP contribution is -2.25. The SMILES string of the molecule is CCS(=O)(=O)c1cccnc1N(C)CCn1cc(Br)cn1. The van der Waals surface area contributed by atoms with E-state index in [1.165, 1.54) is 0 Å². The quantitative estimate of drug-likeness (QED) is 0.775. The molecule has 0 fully saturated rings. The number of anilines is 1. The summed E-state index contributed by atoms with van der Waals surface area (Å²) in [6, 6.07) is 3.24. The van der Waals surface area contributed by atoms with Crippen LogP contribution in [0.25, 0.3) is 0 Å². The Morgan fingerprint density at radius 2 is 2.19 bits per heavy atom. The van der Waals surface area contributed by atoms with E-state index in [1.807, 2.05) is 18.1 Å². The van der Waals surface area contributed by atoms with E-state index >= 15 is 0 Å². The van der Waals surface area contributed by atoms with Crippen molar-refractivity contribution in [2.45, 2.75) is 18.4 Å². The molecule has 8 heteroatoms. The summed E-state index contributed by atoms with van der Waals surface area (Å²) in [4.78, 5) is 6.32. The largest absolute Gasteiger partial charge is 0.357 e. The van der Waals surface area contributed by atoms with Gasteiger partial charge in [0.1, 0.15) is 10.7 Å². The first-order chi connectivity index (χ1) is 9.94. The lowest BCUT2D eigenvalue weighted by Gasteiger charge is -2.20. The summed E-state index contributed by atoms with van der Waals surface area (Å²) < 4.78 is 26.9. The zero-order chi connectivity index (χ0) is 15.5. The maximum Gasteiger partial charge on any atom is 0.181 e. The van der Waals surface area contributed by atoms with E-state index in [0.717, 1.165) is 4.47 Å². The van der Waals surface area contributed by atoms with Gasteiger partial charge in [0, 0.05) is 26.0 Å². The first-order valence-corrected chi connectivity index (χ1v) is 8.95. The van der Waals surface area contributed by atoms with Gasteiger partial charge >= 0.3 is 0 Å². The van der Waals surface area contributed by atoms with Crippen LogP contribution in [0.5, 0.6) is 0 Å². The predicted octanol–water partition coefficient (Wildman–Crippen LogP) is 1.97. The van der Waals surface area contributed by atoms with Gasteiger partial charge in [-0.2, -0.15) is 5.10 Å². The van der Waals surface area contributed by atoms with Gasteiger partial charge in [-0.15, -0.1) is 0 Å². The van der Waals surface area contributed by atoms with Crippen molar-refractivity contribution in [3.63, 3.8) is 0 Å². The summed E-state index contributed by atoms with van der Waals surface area (Å²) in [6.45, 7) is 2.88. The second-order valence-corrected chi connectivity index (χ2v) is 7.73. The molecule has 21 heavy (non-hydrogen) atoms. The first kappa shape index (κ1) is 16.0. The fourth-order valence-corrected chi connectivity index (χ4v) is 3.30. The molecule has 0 unspecified atom stereocenters. The van der Waals surface area contributed by atoms with Crippen molar-refractivity contribution in [3.8, 4) is 0 Å². The standard InChI is InChI=1S/C13H17BrN4O2S/c1-3-21(19,20)12-5-4-6-15-13(12)17(2)7-8-18-10-11(14)9-16-18/h4-6,9-10H,3,7-8H2,1-2H3. The number of sulfone groups is 1. The van der Waals surface area contributed by atoms with Gasteiger partial charge in [0.2, 0.25) is 0 Å². The highest BCUT2D eigenvalue weighted by Crippen LogP contribution is 2.22. The van der Waals surface area contributed by atoms with Crippen LogP contribution in [0.1, 0.15) is 6.92 Å². The number of pyridine rings is 1. The molecule has 2 aromatic rings. The van der Waals surface area contributed by atoms with Crippen LogP contribution in [0.3, 0.4) is 0 Å². The number of likely N-dealkylation sites (N-methyl/N-ethyl adjacent to an activating group) is 1. The van der Waals surface area contributed by atoms with Gasteiger partial charge in [-0.25, -0.2) is 13.4 Å². The van der Waals surface area contributed by atoms with Crippen molar-refractivity contribution in [1.82, 2.24) is 14.8 Å². The minimum atomic E-state index is -3.29. The average Bonchev–Trinajstić information content (AvgIpc) is 2.90. The molecule has 114 valence electrons. The molecule has 2 rings (SSSR count). The molecule has 6 nitrogen and oxygen atoms in total. The molecule has 0 atom stereocenters. The van der Waals surface area contributed by atoms with Crippen molar-refractivity contribution < 1.29 is 8.42 Å². The Balaban J connectivity index is 2.18. The number of aromatic nitrogens is 3. The zero-order valence-electron chi connectivity index (χ0n) is 11.9. The first-order valence-electron chi connectivity index (χ1n) is 6.51. The van der Waals surface area contributed by atoms with Crippen molar-refractivity contribution in [1.29, 1.82) is 0 Å². The maximum atomic E-state index is 12.1. The Hall–Kier alpha value is -1.41. The lowest BCUT2D eigenvalue weighted by molar-refractivity contribution is 0.592. The van der Waals surface area contributed by atoms with Crippen molar-refractivity contribution in [3.05, 3.63) is 35.2 Å². The molecule has 0 aliphatic heterocycles. The topological polar surface area (TPSA) is 68.1 Å². The molecule has 0 saturated carbocycles. The molecular formula is C13H17BrN4O2S. The minimum absolute atomic E-state index is 0.0611. The molecule has 0 aliphatic rings. The molecular weight excluding hydrogens is 356 g/mol. The van der Waals surface area contributed by atoms with E-state index in [0.29, 0.717) is 18.9 Å². The van der Waals surface area contributed by atoms with Gasteiger partial charge in [0.15, 0.2) is 9.84 Å². The zero-order valence-corrected chi connectivity index (χ0v) is 14.3. The van der Waals surface area contributed by atoms with Crippen LogP contribution in [0.15, 0.2) is 40.1 Å². The molecule has 0 spiro atoms. The van der Waals surface area contributed by atoms with E-state index in [-0.39, 0.29) is 10.6 Å². The number of nitrogens with zero attached hydrogens (tertiary/aromatic N) is 4. The van der Waals surface area contributed by atoms with E-state index in [9.17, 15) is 8.42 Å². The third-order valence-electron chi connectivity index (χ3n) is 3.09. The highest BCUT2D eigenvalue weighted by molar-refractivity contribution is 9.10. The predicted molar refractivity (Wildman–Crippen MR) is 85.2 cm³/mol. The number of hydrogen-bond acceptors (Lipinski definition) is 5. The van der Waals surface area contributed by atoms with Crippen LogP contribution in [0.2, 0.25) is 0 Å². The van der Waals surface area contributed by atoms with Gasteiger partial charge < -0.3 is 4.90 Å². The third kappa shape index (κ3) is 3.82. The second kappa shape index (κ2) is 6.57. The number of rotatable bonds is 6. The molecule has 2 heterocycles. The minimum Gasteiger partial charge on any atom is -0.357 e. The molecule has 0 radical (unpaired) electrons. The Labute approximate surface area is 132 Å². The normalized spacial score (nSPS) is 11.6. The smallest absolute Gasteiger partial charge is 0.181 e. The van der Waals surface area contributed by atoms with E-state index in [4.69, 9.17) is 0 Å². The third-order valence-corrected chi connectivity index (χ3v) is 5.25. The highest BCUT2D eigenvalue weighted by atomic mass is 79.9. The molecule has 0 amide bonds. The summed E-state index contributed by atoms with van der Waals surface area (Å²) in [5, 5.41) is 4.17. The summed E-state index contributed by atoms with van der Waals surface area (Å²) >= 11 is 3.34. The Kier molecular flexibility index (Phi) is 5.00. The van der Waals surface area contributed by atoms with E-state index in [2.05, 4.69) is 26.0 Å². The average molecular weight is 373 g/mol. The fourth-order valence-electron chi connectivity index (χ4n) is 1.89. The van der Waals surface area contributed by atoms with Crippen LogP contribution in [-0.2, 0) is 16.4 Å². The molecule has 0 saturated heterocycles. The summed E-state index contributed by atoms with van der Waals surface area (Å²) in [5.41, 5.74) is 0. The van der Waals surface area contributed by atoms with Crippen LogP contribution >= 0.6 is 15.9 Å². The number of halogens is 1. The Bertz CT molecular complexity index is 714. The number of hydrogen-bond donors (Lipinski definition) is 0. The van der Waals surface area contributed by atoms with Crippen molar-refractivity contribution >= 4 is 31.6 Å². The Morgan fingerprint density at radius 1 is 1.43 bits per heavy atom. The summed E-state index contributed by atoms with van der Waals surface area (Å²) in [6.07, 6.45) is 5.19. The van der Waals surface area contributed by atoms with Gasteiger partial charge in [0.05, 0.1) is 23.0 Å². The molecule has 0 aromatic carbocycles. The molecule has 0 aliphatic carbocycles. The lowest BCUT2D eigenvalue weighted by atomic mass is 10.4. The van der Waals surface area contributed by atoms with Crippen LogP contribution in [0.4, 0.5) is 5.82 Å². The molecule has 0 bridgehead atoms. The van der Waals surface area contributed by atoms with Crippen LogP contribution in [0, 0.1) is 0 Å².